The summed E-state index contributed by atoms with van der Waals surface area (Å²) in [5.74, 6) is 0.465. The maximum absolute atomic E-state index is 5.83. The zero-order valence-electron chi connectivity index (χ0n) is 10.5. The van der Waals surface area contributed by atoms with Crippen molar-refractivity contribution in [3.8, 4) is 6.01 Å². The molecule has 0 radical (unpaired) electrons. The van der Waals surface area contributed by atoms with E-state index in [1.54, 1.807) is 0 Å². The van der Waals surface area contributed by atoms with Crippen LogP contribution in [0.1, 0.15) is 5.56 Å². The van der Waals surface area contributed by atoms with Gasteiger partial charge >= 0.3 is 6.01 Å². The third kappa shape index (κ3) is 3.54. The lowest BCUT2D eigenvalue weighted by Gasteiger charge is -2.18. The molecule has 0 aliphatic rings. The van der Waals surface area contributed by atoms with Crippen molar-refractivity contribution in [1.29, 1.82) is 0 Å². The van der Waals surface area contributed by atoms with Crippen molar-refractivity contribution < 1.29 is 4.74 Å². The van der Waals surface area contributed by atoms with Gasteiger partial charge in [-0.1, -0.05) is 34.1 Å². The first-order chi connectivity index (χ1) is 9.10. The van der Waals surface area contributed by atoms with Crippen LogP contribution in [-0.2, 0) is 6.54 Å². The van der Waals surface area contributed by atoms with Gasteiger partial charge in [0, 0.05) is 18.1 Å². The molecule has 0 unspecified atom stereocenters. The molecule has 1 aromatic heterocycles. The number of benzene rings is 1. The highest BCUT2D eigenvalue weighted by Gasteiger charge is 2.11. The molecule has 0 bridgehead atoms. The molecule has 0 amide bonds. The normalized spacial score (nSPS) is 10.3. The van der Waals surface area contributed by atoms with Gasteiger partial charge in [0.25, 0.3) is 0 Å². The number of nitrogens with zero attached hydrogens (tertiary/aromatic N) is 4. The summed E-state index contributed by atoms with van der Waals surface area (Å²) in [6, 6.07) is 8.17. The largest absolute Gasteiger partial charge is 0.467 e. The number of methoxy groups -OCH3 is 1. The van der Waals surface area contributed by atoms with Gasteiger partial charge in [-0.05, 0) is 23.2 Å². The fourth-order valence-electron chi connectivity index (χ4n) is 1.54. The molecule has 0 aliphatic carbocycles. The summed E-state index contributed by atoms with van der Waals surface area (Å²) >= 11 is 9.34. The molecule has 0 aliphatic heterocycles. The molecule has 0 spiro atoms. The van der Waals surface area contributed by atoms with Crippen molar-refractivity contribution in [2.45, 2.75) is 6.54 Å². The molecule has 5 nitrogen and oxygen atoms in total. The zero-order chi connectivity index (χ0) is 13.8. The van der Waals surface area contributed by atoms with E-state index < -0.39 is 0 Å². The van der Waals surface area contributed by atoms with Crippen LogP contribution in [0, 0.1) is 0 Å². The third-order valence-electron chi connectivity index (χ3n) is 2.47. The second-order valence-electron chi connectivity index (χ2n) is 3.84. The van der Waals surface area contributed by atoms with Crippen LogP contribution < -0.4 is 9.64 Å². The van der Waals surface area contributed by atoms with Crippen LogP contribution in [0.4, 0.5) is 5.95 Å². The minimum Gasteiger partial charge on any atom is -0.467 e. The molecule has 0 N–H and O–H groups in total. The van der Waals surface area contributed by atoms with Crippen molar-refractivity contribution >= 4 is 33.5 Å². The summed E-state index contributed by atoms with van der Waals surface area (Å²) in [6.45, 7) is 0.644. The maximum Gasteiger partial charge on any atom is 0.322 e. The van der Waals surface area contributed by atoms with Gasteiger partial charge in [0.15, 0.2) is 0 Å². The molecule has 2 rings (SSSR count). The zero-order valence-corrected chi connectivity index (χ0v) is 12.8. The van der Waals surface area contributed by atoms with Crippen molar-refractivity contribution in [3.05, 3.63) is 39.6 Å². The van der Waals surface area contributed by atoms with Gasteiger partial charge in [-0.2, -0.15) is 15.0 Å². The van der Waals surface area contributed by atoms with Crippen molar-refractivity contribution in [2.24, 2.45) is 0 Å². The van der Waals surface area contributed by atoms with Crippen LogP contribution in [0.3, 0.4) is 0 Å². The SMILES string of the molecule is COc1nc(Cl)nc(N(C)Cc2ccccc2Br)n1. The molecule has 0 saturated heterocycles. The van der Waals surface area contributed by atoms with Gasteiger partial charge in [0.2, 0.25) is 11.2 Å². The van der Waals surface area contributed by atoms with Gasteiger partial charge < -0.3 is 9.64 Å². The third-order valence-corrected chi connectivity index (χ3v) is 3.41. The van der Waals surface area contributed by atoms with Crippen LogP contribution in [0.5, 0.6) is 6.01 Å². The number of hydrogen-bond donors (Lipinski definition) is 0. The molecule has 100 valence electrons. The van der Waals surface area contributed by atoms with Gasteiger partial charge in [-0.3, -0.25) is 0 Å². The maximum atomic E-state index is 5.83. The lowest BCUT2D eigenvalue weighted by molar-refractivity contribution is 0.378. The quantitative estimate of drug-likeness (QED) is 0.854. The van der Waals surface area contributed by atoms with Crippen LogP contribution in [-0.4, -0.2) is 29.1 Å². The van der Waals surface area contributed by atoms with E-state index in [0.717, 1.165) is 10.0 Å². The molecule has 0 atom stereocenters. The molecule has 0 fully saturated rings. The summed E-state index contributed by atoms with van der Waals surface area (Å²) in [7, 11) is 3.37. The Kier molecular flexibility index (Phi) is 4.55. The van der Waals surface area contributed by atoms with Crippen molar-refractivity contribution in [3.63, 3.8) is 0 Å². The summed E-state index contributed by atoms with van der Waals surface area (Å²) < 4.78 is 6.01. The minimum atomic E-state index is 0.112. The molecule has 0 saturated carbocycles. The van der Waals surface area contributed by atoms with Crippen LogP contribution >= 0.6 is 27.5 Å². The number of aromatic nitrogens is 3. The van der Waals surface area contributed by atoms with Gasteiger partial charge in [-0.25, -0.2) is 0 Å². The summed E-state index contributed by atoms with van der Waals surface area (Å²) in [5.41, 5.74) is 1.13. The van der Waals surface area contributed by atoms with E-state index in [0.29, 0.717) is 12.5 Å². The Bertz CT molecular complexity index is 581. The molecular weight excluding hydrogens is 332 g/mol. The Morgan fingerprint density at radius 1 is 1.26 bits per heavy atom. The standard InChI is InChI=1S/C12H12BrClN4O/c1-18(7-8-5-3-4-6-9(8)13)11-15-10(14)16-12(17-11)19-2/h3-6H,7H2,1-2H3. The Balaban J connectivity index is 2.22. The Hall–Kier alpha value is -1.40. The fourth-order valence-corrected chi connectivity index (χ4v) is 2.09. The lowest BCUT2D eigenvalue weighted by Crippen LogP contribution is -2.20. The van der Waals surface area contributed by atoms with E-state index in [1.165, 1.54) is 7.11 Å². The number of ether oxygens (including phenoxy) is 1. The number of hydrogen-bond acceptors (Lipinski definition) is 5. The van der Waals surface area contributed by atoms with E-state index in [2.05, 4.69) is 30.9 Å². The average molecular weight is 344 g/mol. The Morgan fingerprint density at radius 2 is 2.00 bits per heavy atom. The predicted octanol–water partition coefficient (Wildman–Crippen LogP) is 2.93. The number of halogens is 2. The van der Waals surface area contributed by atoms with E-state index >= 15 is 0 Å². The molecule has 7 heteroatoms. The van der Waals surface area contributed by atoms with E-state index in [4.69, 9.17) is 16.3 Å². The molecule has 1 heterocycles. The van der Waals surface area contributed by atoms with Gasteiger partial charge in [0.05, 0.1) is 7.11 Å². The lowest BCUT2D eigenvalue weighted by atomic mass is 10.2. The first kappa shape index (κ1) is 14.0. The second kappa shape index (κ2) is 6.16. The highest BCUT2D eigenvalue weighted by molar-refractivity contribution is 9.10. The van der Waals surface area contributed by atoms with E-state index in [9.17, 15) is 0 Å². The summed E-state index contributed by atoms with van der Waals surface area (Å²) in [5, 5.41) is 0.112. The molecule has 19 heavy (non-hydrogen) atoms. The highest BCUT2D eigenvalue weighted by Crippen LogP contribution is 2.20. The van der Waals surface area contributed by atoms with Crippen LogP contribution in [0.15, 0.2) is 28.7 Å². The van der Waals surface area contributed by atoms with Crippen LogP contribution in [0.2, 0.25) is 5.28 Å². The summed E-state index contributed by atoms with van der Waals surface area (Å²) in [6.07, 6.45) is 0. The van der Waals surface area contributed by atoms with Crippen molar-refractivity contribution in [2.75, 3.05) is 19.1 Å². The van der Waals surface area contributed by atoms with Gasteiger partial charge in [0.1, 0.15) is 0 Å². The predicted molar refractivity (Wildman–Crippen MR) is 77.6 cm³/mol. The van der Waals surface area contributed by atoms with E-state index in [1.807, 2.05) is 36.2 Å². The Morgan fingerprint density at radius 3 is 2.68 bits per heavy atom. The second-order valence-corrected chi connectivity index (χ2v) is 5.03. The first-order valence-electron chi connectivity index (χ1n) is 5.50. The molecular formula is C12H12BrClN4O. The van der Waals surface area contributed by atoms with Gasteiger partial charge in [-0.15, -0.1) is 0 Å². The number of anilines is 1. The smallest absolute Gasteiger partial charge is 0.322 e. The fraction of sp³-hybridized carbons (Fsp3) is 0.250. The highest BCUT2D eigenvalue weighted by atomic mass is 79.9. The monoisotopic (exact) mass is 342 g/mol. The minimum absolute atomic E-state index is 0.112. The molecule has 1 aromatic carbocycles. The van der Waals surface area contributed by atoms with E-state index in [-0.39, 0.29) is 11.3 Å². The van der Waals surface area contributed by atoms with Crippen molar-refractivity contribution in [1.82, 2.24) is 15.0 Å². The topological polar surface area (TPSA) is 51.1 Å². The van der Waals surface area contributed by atoms with Crippen LogP contribution in [0.25, 0.3) is 0 Å². The number of rotatable bonds is 4. The Labute approximate surface area is 124 Å². The summed E-state index contributed by atoms with van der Waals surface area (Å²) in [4.78, 5) is 14.0. The molecule has 2 aromatic rings. The first-order valence-corrected chi connectivity index (χ1v) is 6.67. The average Bonchev–Trinajstić information content (AvgIpc) is 2.40.